The molecular weight excluding hydrogens is 312 g/mol. The van der Waals surface area contributed by atoms with Crippen LogP contribution >= 0.6 is 0 Å². The first-order valence-corrected chi connectivity index (χ1v) is 7.80. The van der Waals surface area contributed by atoms with Crippen molar-refractivity contribution in [3.63, 3.8) is 0 Å². The van der Waals surface area contributed by atoms with E-state index in [1.807, 2.05) is 6.07 Å². The number of hydrogen-bond acceptors (Lipinski definition) is 6. The van der Waals surface area contributed by atoms with E-state index >= 15 is 0 Å². The number of hydrogen-bond donors (Lipinski definition) is 1. The van der Waals surface area contributed by atoms with Crippen molar-refractivity contribution < 1.29 is 23.5 Å². The molecule has 1 fully saturated rings. The third-order valence-electron chi connectivity index (χ3n) is 3.93. The minimum Gasteiger partial charge on any atom is -0.493 e. The van der Waals surface area contributed by atoms with E-state index in [0.29, 0.717) is 23.8 Å². The van der Waals surface area contributed by atoms with Crippen LogP contribution in [0, 0.1) is 0 Å². The molecule has 0 aliphatic carbocycles. The molecule has 7 nitrogen and oxygen atoms in total. The summed E-state index contributed by atoms with van der Waals surface area (Å²) in [5.41, 5.74) is 0.983. The van der Waals surface area contributed by atoms with Gasteiger partial charge in [-0.25, -0.2) is 0 Å². The van der Waals surface area contributed by atoms with Gasteiger partial charge in [-0.05, 0) is 31.0 Å². The molecule has 1 atom stereocenters. The molecule has 0 spiro atoms. The van der Waals surface area contributed by atoms with E-state index in [1.54, 1.807) is 32.4 Å². The van der Waals surface area contributed by atoms with Gasteiger partial charge in [-0.3, -0.25) is 4.79 Å². The molecule has 1 unspecified atom stereocenters. The summed E-state index contributed by atoms with van der Waals surface area (Å²) in [6, 6.07) is 6.96. The zero-order valence-corrected chi connectivity index (χ0v) is 13.7. The largest absolute Gasteiger partial charge is 0.493 e. The highest BCUT2D eigenvalue weighted by atomic mass is 16.5. The third-order valence-corrected chi connectivity index (χ3v) is 3.93. The van der Waals surface area contributed by atoms with Crippen molar-refractivity contribution >= 4 is 5.91 Å². The second-order valence-electron chi connectivity index (χ2n) is 5.49. The zero-order valence-electron chi connectivity index (χ0n) is 13.7. The summed E-state index contributed by atoms with van der Waals surface area (Å²) in [6.45, 7) is 1.24. The second kappa shape index (κ2) is 7.35. The highest BCUT2D eigenvalue weighted by molar-refractivity contribution is 5.93. The number of carbonyl (C=O) groups excluding carboxylic acids is 1. The van der Waals surface area contributed by atoms with Crippen LogP contribution in [-0.2, 0) is 4.74 Å². The average molecular weight is 332 g/mol. The van der Waals surface area contributed by atoms with Crippen LogP contribution in [0.25, 0.3) is 11.3 Å². The van der Waals surface area contributed by atoms with Crippen molar-refractivity contribution in [2.45, 2.75) is 18.9 Å². The molecule has 3 rings (SSSR count). The second-order valence-corrected chi connectivity index (χ2v) is 5.49. The maximum Gasteiger partial charge on any atom is 0.273 e. The fraction of sp³-hybridized carbons (Fsp3) is 0.412. The van der Waals surface area contributed by atoms with Gasteiger partial charge in [0.2, 0.25) is 0 Å². The lowest BCUT2D eigenvalue weighted by molar-refractivity contribution is 0.0850. The molecule has 2 heterocycles. The van der Waals surface area contributed by atoms with Crippen LogP contribution < -0.4 is 14.8 Å². The highest BCUT2D eigenvalue weighted by Gasteiger charge is 2.19. The molecule has 1 aromatic carbocycles. The van der Waals surface area contributed by atoms with Gasteiger partial charge >= 0.3 is 0 Å². The van der Waals surface area contributed by atoms with E-state index in [9.17, 15) is 4.79 Å². The van der Waals surface area contributed by atoms with E-state index in [2.05, 4.69) is 10.5 Å². The lowest BCUT2D eigenvalue weighted by Gasteiger charge is -2.09. The Bertz CT molecular complexity index is 707. The Morgan fingerprint density at radius 3 is 2.83 bits per heavy atom. The molecule has 128 valence electrons. The van der Waals surface area contributed by atoms with Gasteiger partial charge in [0.1, 0.15) is 0 Å². The van der Waals surface area contributed by atoms with Gasteiger partial charge in [0.05, 0.1) is 20.3 Å². The quantitative estimate of drug-likeness (QED) is 0.874. The SMILES string of the molecule is COc1ccc(-c2cc(C(=O)NCC3CCCO3)no2)cc1OC. The highest BCUT2D eigenvalue weighted by Crippen LogP contribution is 2.32. The van der Waals surface area contributed by atoms with Crippen LogP contribution in [0.4, 0.5) is 0 Å². The van der Waals surface area contributed by atoms with E-state index in [4.69, 9.17) is 18.7 Å². The zero-order chi connectivity index (χ0) is 16.9. The molecule has 0 saturated carbocycles. The Balaban J connectivity index is 1.69. The van der Waals surface area contributed by atoms with Gasteiger partial charge in [0.25, 0.3) is 5.91 Å². The Morgan fingerprint density at radius 1 is 1.29 bits per heavy atom. The van der Waals surface area contributed by atoms with Crippen LogP contribution in [-0.4, -0.2) is 44.5 Å². The number of carbonyl (C=O) groups is 1. The predicted molar refractivity (Wildman–Crippen MR) is 86.4 cm³/mol. The smallest absolute Gasteiger partial charge is 0.273 e. The number of methoxy groups -OCH3 is 2. The lowest BCUT2D eigenvalue weighted by atomic mass is 10.1. The molecule has 7 heteroatoms. The molecule has 1 N–H and O–H groups in total. The first kappa shape index (κ1) is 16.3. The van der Waals surface area contributed by atoms with E-state index in [0.717, 1.165) is 25.0 Å². The minimum absolute atomic E-state index is 0.0890. The lowest BCUT2D eigenvalue weighted by Crippen LogP contribution is -2.31. The molecule has 1 amide bonds. The molecule has 0 radical (unpaired) electrons. The molecule has 24 heavy (non-hydrogen) atoms. The van der Waals surface area contributed by atoms with Crippen molar-refractivity contribution in [3.05, 3.63) is 30.0 Å². The number of benzene rings is 1. The Labute approximate surface area is 139 Å². The van der Waals surface area contributed by atoms with Gasteiger partial charge in [0.15, 0.2) is 23.0 Å². The van der Waals surface area contributed by atoms with Crippen molar-refractivity contribution in [1.82, 2.24) is 10.5 Å². The molecule has 2 aromatic rings. The average Bonchev–Trinajstić information content (AvgIpc) is 3.30. The molecular formula is C17H20N2O5. The molecule has 1 saturated heterocycles. The van der Waals surface area contributed by atoms with Crippen molar-refractivity contribution in [1.29, 1.82) is 0 Å². The standard InChI is InChI=1S/C17H20N2O5/c1-21-14-6-5-11(8-16(14)22-2)15-9-13(19-24-15)17(20)18-10-12-4-3-7-23-12/h5-6,8-9,12H,3-4,7,10H2,1-2H3,(H,18,20). The van der Waals surface area contributed by atoms with Crippen molar-refractivity contribution in [2.75, 3.05) is 27.4 Å². The number of nitrogens with one attached hydrogen (secondary N) is 1. The number of amides is 1. The van der Waals surface area contributed by atoms with Crippen molar-refractivity contribution in [3.8, 4) is 22.8 Å². The number of aromatic nitrogens is 1. The van der Waals surface area contributed by atoms with Crippen LogP contribution in [0.5, 0.6) is 11.5 Å². The first-order valence-electron chi connectivity index (χ1n) is 7.80. The topological polar surface area (TPSA) is 82.8 Å². The third kappa shape index (κ3) is 3.51. The van der Waals surface area contributed by atoms with Gasteiger partial charge < -0.3 is 24.1 Å². The molecule has 1 aliphatic heterocycles. The fourth-order valence-corrected chi connectivity index (χ4v) is 2.61. The molecule has 1 aliphatic rings. The normalized spacial score (nSPS) is 16.8. The number of nitrogens with zero attached hydrogens (tertiary/aromatic N) is 1. The summed E-state index contributed by atoms with van der Waals surface area (Å²) in [6.07, 6.45) is 2.09. The van der Waals surface area contributed by atoms with Crippen LogP contribution in [0.2, 0.25) is 0 Å². The van der Waals surface area contributed by atoms with Gasteiger partial charge in [-0.15, -0.1) is 0 Å². The van der Waals surface area contributed by atoms with E-state index in [1.165, 1.54) is 0 Å². The summed E-state index contributed by atoms with van der Waals surface area (Å²) in [7, 11) is 3.13. The maximum atomic E-state index is 12.1. The number of ether oxygens (including phenoxy) is 3. The molecule has 1 aromatic heterocycles. The molecule has 0 bridgehead atoms. The summed E-state index contributed by atoms with van der Waals surface area (Å²) < 4.78 is 21.2. The number of rotatable bonds is 6. The van der Waals surface area contributed by atoms with Crippen LogP contribution in [0.15, 0.2) is 28.8 Å². The van der Waals surface area contributed by atoms with Gasteiger partial charge in [0, 0.05) is 24.8 Å². The van der Waals surface area contributed by atoms with Crippen molar-refractivity contribution in [2.24, 2.45) is 0 Å². The Kier molecular flexibility index (Phi) is 5.00. The fourth-order valence-electron chi connectivity index (χ4n) is 2.61. The van der Waals surface area contributed by atoms with E-state index in [-0.39, 0.29) is 17.7 Å². The van der Waals surface area contributed by atoms with Gasteiger partial charge in [-0.2, -0.15) is 0 Å². The van der Waals surface area contributed by atoms with Crippen LogP contribution in [0.3, 0.4) is 0 Å². The Morgan fingerprint density at radius 2 is 2.12 bits per heavy atom. The predicted octanol–water partition coefficient (Wildman–Crippen LogP) is 2.27. The monoisotopic (exact) mass is 332 g/mol. The summed E-state index contributed by atoms with van der Waals surface area (Å²) in [5.74, 6) is 1.41. The first-order chi connectivity index (χ1) is 11.7. The summed E-state index contributed by atoms with van der Waals surface area (Å²) >= 11 is 0. The summed E-state index contributed by atoms with van der Waals surface area (Å²) in [5, 5.41) is 6.65. The maximum absolute atomic E-state index is 12.1. The Hall–Kier alpha value is -2.54. The van der Waals surface area contributed by atoms with Crippen LogP contribution in [0.1, 0.15) is 23.3 Å². The minimum atomic E-state index is -0.277. The van der Waals surface area contributed by atoms with Gasteiger partial charge in [-0.1, -0.05) is 5.16 Å². The van der Waals surface area contributed by atoms with E-state index < -0.39 is 0 Å². The summed E-state index contributed by atoms with van der Waals surface area (Å²) in [4.78, 5) is 12.1.